The molecule has 0 bridgehead atoms. The zero-order valence-corrected chi connectivity index (χ0v) is 10.7. The lowest BCUT2D eigenvalue weighted by Gasteiger charge is -2.15. The molecule has 0 aliphatic carbocycles. The van der Waals surface area contributed by atoms with Gasteiger partial charge in [0, 0.05) is 0 Å². The molecule has 0 rings (SSSR count). The van der Waals surface area contributed by atoms with E-state index in [1.807, 2.05) is 6.92 Å². The van der Waals surface area contributed by atoms with Crippen LogP contribution in [0, 0.1) is 11.8 Å². The quantitative estimate of drug-likeness (QED) is 0.662. The van der Waals surface area contributed by atoms with Crippen molar-refractivity contribution in [3.8, 4) is 0 Å². The van der Waals surface area contributed by atoms with Crippen LogP contribution in [0.25, 0.3) is 0 Å². The standard InChI is InChI=1S/C12H25NO2/c1-9(2)6-11(5)15-12(14)8-13-7-10(3)4/h9-11,13H,6-8H2,1-5H3. The summed E-state index contributed by atoms with van der Waals surface area (Å²) in [6.07, 6.45) is 0.953. The van der Waals surface area contributed by atoms with Gasteiger partial charge in [-0.25, -0.2) is 0 Å². The van der Waals surface area contributed by atoms with Crippen molar-refractivity contribution in [2.75, 3.05) is 13.1 Å². The van der Waals surface area contributed by atoms with Crippen molar-refractivity contribution in [3.63, 3.8) is 0 Å². The molecule has 0 aromatic heterocycles. The highest BCUT2D eigenvalue weighted by atomic mass is 16.5. The number of carbonyl (C=O) groups is 1. The molecule has 1 unspecified atom stereocenters. The van der Waals surface area contributed by atoms with Gasteiger partial charge in [-0.05, 0) is 31.7 Å². The molecule has 1 N–H and O–H groups in total. The number of esters is 1. The summed E-state index contributed by atoms with van der Waals surface area (Å²) in [7, 11) is 0. The molecule has 0 saturated carbocycles. The Balaban J connectivity index is 3.55. The van der Waals surface area contributed by atoms with E-state index < -0.39 is 0 Å². The fourth-order valence-electron chi connectivity index (χ4n) is 1.44. The molecule has 0 aliphatic heterocycles. The van der Waals surface area contributed by atoms with E-state index in [0.29, 0.717) is 18.4 Å². The van der Waals surface area contributed by atoms with Gasteiger partial charge < -0.3 is 10.1 Å². The topological polar surface area (TPSA) is 38.3 Å². The smallest absolute Gasteiger partial charge is 0.320 e. The van der Waals surface area contributed by atoms with Crippen LogP contribution >= 0.6 is 0 Å². The Hall–Kier alpha value is -0.570. The van der Waals surface area contributed by atoms with Gasteiger partial charge in [0.05, 0.1) is 12.6 Å². The molecule has 0 aromatic carbocycles. The zero-order chi connectivity index (χ0) is 11.8. The van der Waals surface area contributed by atoms with E-state index in [1.54, 1.807) is 0 Å². The summed E-state index contributed by atoms with van der Waals surface area (Å²) < 4.78 is 5.24. The summed E-state index contributed by atoms with van der Waals surface area (Å²) in [4.78, 5) is 11.3. The van der Waals surface area contributed by atoms with Crippen LogP contribution in [0.1, 0.15) is 41.0 Å². The normalized spacial score (nSPS) is 13.3. The van der Waals surface area contributed by atoms with Gasteiger partial charge in [-0.15, -0.1) is 0 Å². The zero-order valence-electron chi connectivity index (χ0n) is 10.7. The third-order valence-corrected chi connectivity index (χ3v) is 1.96. The lowest BCUT2D eigenvalue weighted by Crippen LogP contribution is -2.30. The maximum atomic E-state index is 11.3. The summed E-state index contributed by atoms with van der Waals surface area (Å²) >= 11 is 0. The highest BCUT2D eigenvalue weighted by molar-refractivity contribution is 5.71. The molecule has 15 heavy (non-hydrogen) atoms. The first-order chi connectivity index (χ1) is 6.91. The molecule has 0 radical (unpaired) electrons. The SMILES string of the molecule is CC(C)CNCC(=O)OC(C)CC(C)C. The fourth-order valence-corrected chi connectivity index (χ4v) is 1.44. The van der Waals surface area contributed by atoms with E-state index in [2.05, 4.69) is 33.0 Å². The predicted molar refractivity (Wildman–Crippen MR) is 62.7 cm³/mol. The summed E-state index contributed by atoms with van der Waals surface area (Å²) in [5.74, 6) is 0.978. The summed E-state index contributed by atoms with van der Waals surface area (Å²) in [5.41, 5.74) is 0. The highest BCUT2D eigenvalue weighted by Crippen LogP contribution is 2.07. The molecular weight excluding hydrogens is 190 g/mol. The Bertz CT molecular complexity index is 178. The first kappa shape index (κ1) is 14.4. The maximum Gasteiger partial charge on any atom is 0.320 e. The van der Waals surface area contributed by atoms with Crippen LogP contribution in [-0.4, -0.2) is 25.2 Å². The van der Waals surface area contributed by atoms with Crippen molar-refractivity contribution < 1.29 is 9.53 Å². The average molecular weight is 215 g/mol. The number of carbonyl (C=O) groups excluding carboxylic acids is 1. The molecule has 1 atom stereocenters. The largest absolute Gasteiger partial charge is 0.462 e. The molecule has 0 amide bonds. The van der Waals surface area contributed by atoms with Gasteiger partial charge in [0.1, 0.15) is 0 Å². The molecule has 0 aliphatic rings. The van der Waals surface area contributed by atoms with Crippen molar-refractivity contribution in [3.05, 3.63) is 0 Å². The first-order valence-electron chi connectivity index (χ1n) is 5.82. The Kier molecular flexibility index (Phi) is 7.39. The van der Waals surface area contributed by atoms with E-state index in [0.717, 1.165) is 13.0 Å². The van der Waals surface area contributed by atoms with Crippen LogP contribution < -0.4 is 5.32 Å². The fraction of sp³-hybridized carbons (Fsp3) is 0.917. The second-order valence-corrected chi connectivity index (χ2v) is 4.95. The van der Waals surface area contributed by atoms with Gasteiger partial charge in [0.15, 0.2) is 0 Å². The lowest BCUT2D eigenvalue weighted by atomic mass is 10.1. The average Bonchev–Trinajstić information content (AvgIpc) is 2.00. The Morgan fingerprint density at radius 1 is 1.13 bits per heavy atom. The molecule has 3 heteroatoms. The van der Waals surface area contributed by atoms with Gasteiger partial charge >= 0.3 is 5.97 Å². The summed E-state index contributed by atoms with van der Waals surface area (Å²) in [6.45, 7) is 11.6. The molecule has 0 spiro atoms. The third-order valence-electron chi connectivity index (χ3n) is 1.96. The second kappa shape index (κ2) is 7.69. The molecule has 3 nitrogen and oxygen atoms in total. The molecule has 0 fully saturated rings. The molecule has 90 valence electrons. The van der Waals surface area contributed by atoms with E-state index in [1.165, 1.54) is 0 Å². The number of hydrogen-bond donors (Lipinski definition) is 1. The minimum absolute atomic E-state index is 0.0262. The van der Waals surface area contributed by atoms with E-state index >= 15 is 0 Å². The van der Waals surface area contributed by atoms with Crippen LogP contribution in [-0.2, 0) is 9.53 Å². The highest BCUT2D eigenvalue weighted by Gasteiger charge is 2.10. The van der Waals surface area contributed by atoms with Crippen LogP contribution in [0.3, 0.4) is 0 Å². The Labute approximate surface area is 93.6 Å². The monoisotopic (exact) mass is 215 g/mol. The number of nitrogens with one attached hydrogen (secondary N) is 1. The first-order valence-corrected chi connectivity index (χ1v) is 5.82. The minimum Gasteiger partial charge on any atom is -0.462 e. The number of hydrogen-bond acceptors (Lipinski definition) is 3. The lowest BCUT2D eigenvalue weighted by molar-refractivity contribution is -0.147. The van der Waals surface area contributed by atoms with Crippen LogP contribution in [0.4, 0.5) is 0 Å². The van der Waals surface area contributed by atoms with Crippen molar-refractivity contribution in [1.82, 2.24) is 5.32 Å². The summed E-state index contributed by atoms with van der Waals surface area (Å²) in [6, 6.07) is 0. The van der Waals surface area contributed by atoms with Gasteiger partial charge in [-0.1, -0.05) is 27.7 Å². The third kappa shape index (κ3) is 9.73. The van der Waals surface area contributed by atoms with E-state index in [4.69, 9.17) is 4.74 Å². The predicted octanol–water partition coefficient (Wildman–Crippen LogP) is 2.21. The molecule has 0 saturated heterocycles. The van der Waals surface area contributed by atoms with Gasteiger partial charge in [0.2, 0.25) is 0 Å². The number of rotatable bonds is 7. The molecule has 0 aromatic rings. The van der Waals surface area contributed by atoms with Crippen molar-refractivity contribution in [2.24, 2.45) is 11.8 Å². The van der Waals surface area contributed by atoms with Crippen LogP contribution in [0.2, 0.25) is 0 Å². The molecular formula is C12H25NO2. The van der Waals surface area contributed by atoms with Gasteiger partial charge in [0.25, 0.3) is 0 Å². The summed E-state index contributed by atoms with van der Waals surface area (Å²) in [5, 5.41) is 3.07. The Morgan fingerprint density at radius 2 is 1.73 bits per heavy atom. The minimum atomic E-state index is -0.149. The van der Waals surface area contributed by atoms with Crippen molar-refractivity contribution in [2.45, 2.75) is 47.1 Å². The van der Waals surface area contributed by atoms with Gasteiger partial charge in [-0.2, -0.15) is 0 Å². The van der Waals surface area contributed by atoms with Crippen molar-refractivity contribution in [1.29, 1.82) is 0 Å². The van der Waals surface area contributed by atoms with Gasteiger partial charge in [-0.3, -0.25) is 4.79 Å². The van der Waals surface area contributed by atoms with Crippen LogP contribution in [0.15, 0.2) is 0 Å². The number of ether oxygens (including phenoxy) is 1. The molecule has 0 heterocycles. The maximum absolute atomic E-state index is 11.3. The van der Waals surface area contributed by atoms with E-state index in [-0.39, 0.29) is 12.1 Å². The van der Waals surface area contributed by atoms with Crippen LogP contribution in [0.5, 0.6) is 0 Å². The second-order valence-electron chi connectivity index (χ2n) is 4.95. The van der Waals surface area contributed by atoms with E-state index in [9.17, 15) is 4.79 Å². The van der Waals surface area contributed by atoms with Crippen molar-refractivity contribution >= 4 is 5.97 Å². The Morgan fingerprint density at radius 3 is 2.20 bits per heavy atom.